The van der Waals surface area contributed by atoms with Gasteiger partial charge >= 0.3 is 5.84 Å². The molecule has 1 atom stereocenters. The van der Waals surface area contributed by atoms with Crippen LogP contribution in [0.5, 0.6) is 0 Å². The molecule has 2 aliphatic rings. The molecule has 0 bridgehead atoms. The van der Waals surface area contributed by atoms with E-state index < -0.39 is 0 Å². The molecule has 0 amide bonds. The second-order valence-corrected chi connectivity index (χ2v) is 12.2. The SMILES string of the molecule is C1=CC2=NC(c3ccccc3)=[N+](c3cccc4oc5ccc(-c6ccc7ccc8ccc(-c9ccccc9)nc8c7n6)cc5c34)C2C=C1. The van der Waals surface area contributed by atoms with Crippen LogP contribution in [0, 0.1) is 0 Å². The van der Waals surface area contributed by atoms with Crippen LogP contribution in [0.2, 0.25) is 0 Å². The first kappa shape index (κ1) is 26.7. The van der Waals surface area contributed by atoms with E-state index in [4.69, 9.17) is 19.4 Å². The van der Waals surface area contributed by atoms with Gasteiger partial charge in [0, 0.05) is 27.3 Å². The quantitative estimate of drug-likeness (QED) is 0.146. The maximum Gasteiger partial charge on any atom is 0.332 e. The Balaban J connectivity index is 1.16. The predicted molar refractivity (Wildman–Crippen MR) is 195 cm³/mol. The molecule has 1 aliphatic carbocycles. The number of aliphatic imine (C=N–C) groups is 1. The fraction of sp³-hybridized carbons (Fsp3) is 0.0233. The van der Waals surface area contributed by atoms with Crippen LogP contribution in [0.4, 0.5) is 5.69 Å². The number of amidine groups is 1. The third-order valence-corrected chi connectivity index (χ3v) is 9.37. The topological polar surface area (TPSA) is 54.3 Å². The number of fused-ring (bicyclic) bond motifs is 7. The summed E-state index contributed by atoms with van der Waals surface area (Å²) >= 11 is 0. The second kappa shape index (κ2) is 10.5. The molecule has 0 fully saturated rings. The monoisotopic (exact) mass is 615 g/mol. The van der Waals surface area contributed by atoms with Crippen LogP contribution in [0.15, 0.2) is 167 Å². The number of nitrogens with zero attached hydrogens (tertiary/aromatic N) is 4. The van der Waals surface area contributed by atoms with Crippen LogP contribution < -0.4 is 0 Å². The van der Waals surface area contributed by atoms with Gasteiger partial charge in [0.15, 0.2) is 6.04 Å². The van der Waals surface area contributed by atoms with E-state index in [-0.39, 0.29) is 6.04 Å². The Labute approximate surface area is 276 Å². The highest BCUT2D eigenvalue weighted by Gasteiger charge is 2.38. The normalized spacial score (nSPS) is 15.6. The molecule has 0 N–H and O–H groups in total. The summed E-state index contributed by atoms with van der Waals surface area (Å²) in [5.41, 5.74) is 10.5. The standard InChI is InChI=1S/C43H27N4O/c1-3-10-27(11-4-1)33-23-20-28-18-19-29-21-24-34(45-42(29)41(28)44-33)31-22-25-38-32(26-31)40-37(16-9-17-39(40)48-38)47-36-15-8-7-14-35(36)46-43(47)30-12-5-2-6-13-30/h1-26,36H/q+1. The van der Waals surface area contributed by atoms with Gasteiger partial charge in [0.2, 0.25) is 5.71 Å². The van der Waals surface area contributed by atoms with Crippen molar-refractivity contribution in [3.05, 3.63) is 163 Å². The fourth-order valence-electron chi connectivity index (χ4n) is 7.07. The molecule has 5 aromatic carbocycles. The Morgan fingerprint density at radius 2 is 1.25 bits per heavy atom. The van der Waals surface area contributed by atoms with E-state index in [2.05, 4.69) is 132 Å². The zero-order chi connectivity index (χ0) is 31.6. The van der Waals surface area contributed by atoms with Crippen LogP contribution in [-0.4, -0.2) is 32.1 Å². The summed E-state index contributed by atoms with van der Waals surface area (Å²) < 4.78 is 8.81. The van der Waals surface area contributed by atoms with Gasteiger partial charge in [-0.25, -0.2) is 14.5 Å². The van der Waals surface area contributed by atoms with Crippen LogP contribution in [0.1, 0.15) is 5.56 Å². The molecule has 4 heterocycles. The average molecular weight is 616 g/mol. The lowest BCUT2D eigenvalue weighted by atomic mass is 10.0. The first-order valence-electron chi connectivity index (χ1n) is 16.2. The van der Waals surface area contributed by atoms with Gasteiger partial charge in [-0.1, -0.05) is 91.0 Å². The van der Waals surface area contributed by atoms with Crippen molar-refractivity contribution in [1.82, 2.24) is 9.97 Å². The van der Waals surface area contributed by atoms with Crippen molar-refractivity contribution in [3.8, 4) is 22.5 Å². The Bertz CT molecular complexity index is 2720. The summed E-state index contributed by atoms with van der Waals surface area (Å²) in [4.78, 5) is 15.5. The predicted octanol–water partition coefficient (Wildman–Crippen LogP) is 10.1. The van der Waals surface area contributed by atoms with Crippen molar-refractivity contribution in [2.75, 3.05) is 0 Å². The lowest BCUT2D eigenvalue weighted by molar-refractivity contribution is -0.445. The summed E-state index contributed by atoms with van der Waals surface area (Å²) in [6, 6.07) is 46.1. The number of hydrogen-bond donors (Lipinski definition) is 0. The van der Waals surface area contributed by atoms with E-state index in [0.29, 0.717) is 0 Å². The molecule has 1 unspecified atom stereocenters. The summed E-state index contributed by atoms with van der Waals surface area (Å²) in [5.74, 6) is 0.926. The molecule has 0 spiro atoms. The number of pyridine rings is 2. The van der Waals surface area contributed by atoms with E-state index in [1.54, 1.807) is 0 Å². The highest BCUT2D eigenvalue weighted by atomic mass is 16.3. The highest BCUT2D eigenvalue weighted by Crippen LogP contribution is 2.40. The summed E-state index contributed by atoms with van der Waals surface area (Å²) in [7, 11) is 0. The van der Waals surface area contributed by atoms with Gasteiger partial charge < -0.3 is 4.42 Å². The van der Waals surface area contributed by atoms with E-state index in [0.717, 1.165) is 89.1 Å². The molecular formula is C43H27N4O+. The van der Waals surface area contributed by atoms with Gasteiger partial charge in [0.05, 0.1) is 33.4 Å². The zero-order valence-electron chi connectivity index (χ0n) is 25.8. The summed E-state index contributed by atoms with van der Waals surface area (Å²) in [6.45, 7) is 0. The average Bonchev–Trinajstić information content (AvgIpc) is 3.74. The molecule has 10 rings (SSSR count). The van der Waals surface area contributed by atoms with Crippen molar-refractivity contribution in [2.45, 2.75) is 6.04 Å². The van der Waals surface area contributed by atoms with Crippen LogP contribution >= 0.6 is 0 Å². The zero-order valence-corrected chi connectivity index (χ0v) is 25.8. The van der Waals surface area contributed by atoms with E-state index in [9.17, 15) is 0 Å². The molecule has 5 heteroatoms. The smallest absolute Gasteiger partial charge is 0.332 e. The molecule has 8 aromatic rings. The van der Waals surface area contributed by atoms with Crippen molar-refractivity contribution in [1.29, 1.82) is 0 Å². The molecule has 48 heavy (non-hydrogen) atoms. The lowest BCUT2D eigenvalue weighted by Gasteiger charge is -2.13. The molecule has 224 valence electrons. The second-order valence-electron chi connectivity index (χ2n) is 12.2. The number of aromatic nitrogens is 2. The first-order valence-corrected chi connectivity index (χ1v) is 16.2. The fourth-order valence-corrected chi connectivity index (χ4v) is 7.07. The van der Waals surface area contributed by atoms with Crippen molar-refractivity contribution >= 4 is 61.0 Å². The maximum atomic E-state index is 6.47. The van der Waals surface area contributed by atoms with Gasteiger partial charge in [-0.15, -0.1) is 0 Å². The molecule has 0 radical (unpaired) electrons. The third kappa shape index (κ3) is 4.18. The largest absolute Gasteiger partial charge is 0.456 e. The molecule has 5 nitrogen and oxygen atoms in total. The van der Waals surface area contributed by atoms with Crippen molar-refractivity contribution in [3.63, 3.8) is 0 Å². The van der Waals surface area contributed by atoms with Gasteiger partial charge in [-0.05, 0) is 71.7 Å². The minimum absolute atomic E-state index is 0.00680. The molecule has 0 saturated carbocycles. The van der Waals surface area contributed by atoms with Gasteiger partial charge in [-0.2, -0.15) is 0 Å². The van der Waals surface area contributed by atoms with Crippen molar-refractivity contribution in [2.24, 2.45) is 4.99 Å². The maximum absolute atomic E-state index is 6.47. The van der Waals surface area contributed by atoms with Gasteiger partial charge in [0.1, 0.15) is 16.9 Å². The summed E-state index contributed by atoms with van der Waals surface area (Å²) in [6.07, 6.45) is 8.47. The highest BCUT2D eigenvalue weighted by molar-refractivity contribution is 6.17. The number of rotatable bonds is 4. The first-order chi connectivity index (χ1) is 23.8. The van der Waals surface area contributed by atoms with Crippen molar-refractivity contribution < 1.29 is 8.99 Å². The minimum atomic E-state index is -0.00680. The number of furan rings is 1. The summed E-state index contributed by atoms with van der Waals surface area (Å²) in [5, 5.41) is 4.22. The van der Waals surface area contributed by atoms with Crippen LogP contribution in [0.3, 0.4) is 0 Å². The Kier molecular flexibility index (Phi) is 5.87. The number of hydrogen-bond acceptors (Lipinski definition) is 4. The molecule has 0 saturated heterocycles. The Hall–Kier alpha value is -6.46. The van der Waals surface area contributed by atoms with Gasteiger partial charge in [-0.3, -0.25) is 0 Å². The Morgan fingerprint density at radius 1 is 0.562 bits per heavy atom. The van der Waals surface area contributed by atoms with E-state index >= 15 is 0 Å². The van der Waals surface area contributed by atoms with E-state index in [1.807, 2.05) is 30.3 Å². The van der Waals surface area contributed by atoms with Gasteiger partial charge in [0.25, 0.3) is 0 Å². The minimum Gasteiger partial charge on any atom is -0.456 e. The van der Waals surface area contributed by atoms with E-state index in [1.165, 1.54) is 0 Å². The third-order valence-electron chi connectivity index (χ3n) is 9.37. The molecular weight excluding hydrogens is 589 g/mol. The molecule has 1 aliphatic heterocycles. The van der Waals surface area contributed by atoms with Crippen LogP contribution in [0.25, 0.3) is 66.3 Å². The van der Waals surface area contributed by atoms with Crippen LogP contribution in [-0.2, 0) is 0 Å². The number of allylic oxidation sites excluding steroid dienone is 2. The number of benzene rings is 5. The molecule has 3 aromatic heterocycles. The lowest BCUT2D eigenvalue weighted by Crippen LogP contribution is -2.27. The Morgan fingerprint density at radius 3 is 2.00 bits per heavy atom.